The Hall–Kier alpha value is -3.03. The molecule has 3 aliphatic rings. The van der Waals surface area contributed by atoms with Crippen molar-refractivity contribution in [3.63, 3.8) is 0 Å². The summed E-state index contributed by atoms with van der Waals surface area (Å²) in [6, 6.07) is -0.975. The highest BCUT2D eigenvalue weighted by atomic mass is 16.8. The van der Waals surface area contributed by atoms with E-state index in [4.69, 9.17) is 28.4 Å². The summed E-state index contributed by atoms with van der Waals surface area (Å²) in [4.78, 5) is 13.4. The molecule has 0 aromatic carbocycles. The maximum absolute atomic E-state index is 13.4. The van der Waals surface area contributed by atoms with Gasteiger partial charge >= 0.3 is 0 Å². The smallest absolute Gasteiger partial charge is 0.220 e. The Kier molecular flexibility index (Phi) is 53.2. The SMILES string of the molecule is CC/C=C\C/C=C\C/C=C\C/C=C\C/C=C\C/C=C\CCCCCCCCCCCCCCCCCCCCC(=O)NC(COC1OC(CO)C(OC2OC(CO)C(OC3OC(CO)C(O)C(O)C3O)C(O)C2O)C(O)C1O)C(O)/C=C/CCCCCCCCCCCCCCC. The van der Waals surface area contributed by atoms with Crippen LogP contribution in [0.4, 0.5) is 0 Å². The van der Waals surface area contributed by atoms with Crippen LogP contribution in [0.3, 0.4) is 0 Å². The second-order valence-corrected chi connectivity index (χ2v) is 27.1. The van der Waals surface area contributed by atoms with E-state index in [1.807, 2.05) is 6.08 Å². The first-order valence-corrected chi connectivity index (χ1v) is 38.3. The minimum Gasteiger partial charge on any atom is -0.394 e. The van der Waals surface area contributed by atoms with Gasteiger partial charge in [0.25, 0.3) is 0 Å². The van der Waals surface area contributed by atoms with Crippen LogP contribution in [-0.2, 0) is 33.2 Å². The lowest BCUT2D eigenvalue weighted by Gasteiger charge is -2.48. The third kappa shape index (κ3) is 39.3. The van der Waals surface area contributed by atoms with E-state index >= 15 is 0 Å². The second kappa shape index (κ2) is 58.5. The average molecular weight is 1380 g/mol. The van der Waals surface area contributed by atoms with Crippen LogP contribution >= 0.6 is 0 Å². The first-order chi connectivity index (χ1) is 47.3. The van der Waals surface area contributed by atoms with E-state index in [2.05, 4.69) is 92.1 Å². The Balaban J connectivity index is 1.33. The zero-order valence-electron chi connectivity index (χ0n) is 59.8. The van der Waals surface area contributed by atoms with Gasteiger partial charge in [-0.05, 0) is 70.6 Å². The fourth-order valence-electron chi connectivity index (χ4n) is 12.5. The molecule has 562 valence electrons. The summed E-state index contributed by atoms with van der Waals surface area (Å²) in [6.07, 6.45) is 50.0. The van der Waals surface area contributed by atoms with E-state index in [0.717, 1.165) is 83.5 Å². The predicted octanol–water partition coefficient (Wildman–Crippen LogP) is 11.8. The number of rotatable bonds is 59. The van der Waals surface area contributed by atoms with Crippen LogP contribution in [-0.4, -0.2) is 193 Å². The molecule has 19 nitrogen and oxygen atoms in total. The maximum Gasteiger partial charge on any atom is 0.220 e. The fraction of sp³-hybridized carbons (Fsp3) is 0.808. The predicted molar refractivity (Wildman–Crippen MR) is 383 cm³/mol. The van der Waals surface area contributed by atoms with Crippen LogP contribution in [0.5, 0.6) is 0 Å². The van der Waals surface area contributed by atoms with E-state index in [-0.39, 0.29) is 18.9 Å². The Morgan fingerprint density at radius 1 is 0.381 bits per heavy atom. The van der Waals surface area contributed by atoms with Crippen molar-refractivity contribution in [2.75, 3.05) is 26.4 Å². The van der Waals surface area contributed by atoms with E-state index in [0.29, 0.717) is 6.42 Å². The third-order valence-corrected chi connectivity index (χ3v) is 18.7. The lowest BCUT2D eigenvalue weighted by Crippen LogP contribution is -2.66. The highest BCUT2D eigenvalue weighted by Crippen LogP contribution is 2.33. The van der Waals surface area contributed by atoms with E-state index in [1.165, 1.54) is 161 Å². The van der Waals surface area contributed by atoms with Gasteiger partial charge in [0.2, 0.25) is 5.91 Å². The van der Waals surface area contributed by atoms with Crippen LogP contribution < -0.4 is 5.32 Å². The Morgan fingerprint density at radius 3 is 1.11 bits per heavy atom. The number of aliphatic hydroxyl groups excluding tert-OH is 11. The molecule has 17 atom stereocenters. The lowest BCUT2D eigenvalue weighted by atomic mass is 9.96. The number of amides is 1. The third-order valence-electron chi connectivity index (χ3n) is 18.7. The maximum atomic E-state index is 13.4. The Morgan fingerprint density at radius 2 is 0.711 bits per heavy atom. The summed E-state index contributed by atoms with van der Waals surface area (Å²) in [6.45, 7) is 1.63. The van der Waals surface area contributed by atoms with Gasteiger partial charge in [0.1, 0.15) is 73.2 Å². The number of unbranched alkanes of at least 4 members (excludes halogenated alkanes) is 31. The molecule has 3 fully saturated rings. The van der Waals surface area contributed by atoms with E-state index in [9.17, 15) is 61.0 Å². The topological polar surface area (TPSA) is 307 Å². The quantitative estimate of drug-likeness (QED) is 0.0199. The zero-order chi connectivity index (χ0) is 70.4. The summed E-state index contributed by atoms with van der Waals surface area (Å²) >= 11 is 0. The van der Waals surface area contributed by atoms with Gasteiger partial charge in [0, 0.05) is 6.42 Å². The van der Waals surface area contributed by atoms with Gasteiger partial charge in [-0.1, -0.05) is 279 Å². The second-order valence-electron chi connectivity index (χ2n) is 27.1. The highest BCUT2D eigenvalue weighted by molar-refractivity contribution is 5.76. The molecule has 1 amide bonds. The van der Waals surface area contributed by atoms with Crippen molar-refractivity contribution in [2.24, 2.45) is 0 Å². The highest BCUT2D eigenvalue weighted by Gasteiger charge is 2.53. The van der Waals surface area contributed by atoms with E-state index < -0.39 is 124 Å². The lowest BCUT2D eigenvalue weighted by molar-refractivity contribution is -0.379. The van der Waals surface area contributed by atoms with Crippen molar-refractivity contribution >= 4 is 5.91 Å². The summed E-state index contributed by atoms with van der Waals surface area (Å²) in [5, 5.41) is 121. The molecule has 0 aliphatic carbocycles. The molecule has 12 N–H and O–H groups in total. The number of carbonyl (C=O) groups is 1. The van der Waals surface area contributed by atoms with E-state index in [1.54, 1.807) is 6.08 Å². The molecule has 0 radical (unpaired) electrons. The summed E-state index contributed by atoms with van der Waals surface area (Å²) < 4.78 is 34.4. The van der Waals surface area contributed by atoms with Crippen LogP contribution in [0.15, 0.2) is 85.1 Å². The average Bonchev–Trinajstić information content (AvgIpc) is 0.789. The zero-order valence-corrected chi connectivity index (χ0v) is 59.8. The van der Waals surface area contributed by atoms with Gasteiger partial charge in [-0.2, -0.15) is 0 Å². The molecule has 19 heteroatoms. The first kappa shape index (κ1) is 88.2. The number of hydrogen-bond donors (Lipinski definition) is 12. The van der Waals surface area contributed by atoms with Crippen LogP contribution in [0.2, 0.25) is 0 Å². The molecule has 0 bridgehead atoms. The molecule has 3 saturated heterocycles. The number of nitrogens with one attached hydrogen (secondary N) is 1. The molecule has 0 aromatic heterocycles. The van der Waals surface area contributed by atoms with Crippen LogP contribution in [0.1, 0.15) is 271 Å². The fourth-order valence-corrected chi connectivity index (χ4v) is 12.5. The van der Waals surface area contributed by atoms with Gasteiger partial charge in [0.15, 0.2) is 18.9 Å². The van der Waals surface area contributed by atoms with Crippen LogP contribution in [0, 0.1) is 0 Å². The van der Waals surface area contributed by atoms with Crippen molar-refractivity contribution in [3.8, 4) is 0 Å². The van der Waals surface area contributed by atoms with Crippen molar-refractivity contribution < 1.29 is 89.4 Å². The minimum atomic E-state index is -1.98. The van der Waals surface area contributed by atoms with Gasteiger partial charge in [0.05, 0.1) is 38.6 Å². The number of ether oxygens (including phenoxy) is 6. The summed E-state index contributed by atoms with van der Waals surface area (Å²) in [7, 11) is 0. The molecule has 97 heavy (non-hydrogen) atoms. The molecule has 0 spiro atoms. The van der Waals surface area contributed by atoms with Gasteiger partial charge < -0.3 is 89.9 Å². The summed E-state index contributed by atoms with van der Waals surface area (Å²) in [5.41, 5.74) is 0. The van der Waals surface area contributed by atoms with Gasteiger partial charge in [-0.3, -0.25) is 4.79 Å². The number of carbonyl (C=O) groups excluding carboxylic acids is 1. The molecule has 17 unspecified atom stereocenters. The molecule has 3 heterocycles. The largest absolute Gasteiger partial charge is 0.394 e. The Labute approximate surface area is 584 Å². The normalized spacial score (nSPS) is 27.4. The van der Waals surface area contributed by atoms with Crippen molar-refractivity contribution in [3.05, 3.63) is 85.1 Å². The van der Waals surface area contributed by atoms with Gasteiger partial charge in [-0.15, -0.1) is 0 Å². The molecule has 0 saturated carbocycles. The number of allylic oxidation sites excluding steroid dienone is 13. The van der Waals surface area contributed by atoms with Crippen LogP contribution in [0.25, 0.3) is 0 Å². The number of hydrogen-bond acceptors (Lipinski definition) is 18. The van der Waals surface area contributed by atoms with Crippen molar-refractivity contribution in [1.82, 2.24) is 5.32 Å². The molecule has 0 aromatic rings. The minimum absolute atomic E-state index is 0.242. The first-order valence-electron chi connectivity index (χ1n) is 38.3. The Bertz CT molecular complexity index is 2080. The molecular formula is C78H137NO18. The molecule has 3 aliphatic heterocycles. The molecule has 3 rings (SSSR count). The number of aliphatic hydroxyl groups is 11. The standard InChI is InChI=1S/C78H137NO18/c1-3-5-7-9-11-13-15-17-19-20-21-22-23-24-25-26-27-28-29-30-31-32-33-34-35-36-37-38-39-40-42-44-46-48-50-52-54-56-66(84)79-61(62(83)55-53-51-49-47-45-43-41-18-16-14-12-10-8-6-4-2)60-92-76-72(90)69(87)74(64(58-81)94-76)97-78-73(91)70(88)75(65(59-82)95-78)96-77-71(89)68(86)67(85)63(57-80)93-77/h5,7,11,13,17,19,21-22,24-25,27-28,53,55,61-65,67-78,80-83,85-91H,3-4,6,8-10,12,14-16,18,20,23,26,29-52,54,56-60H2,1-2H3,(H,79,84)/b7-5-,13-11-,19-17-,22-21-,25-24-,28-27-,55-53+. The molecular weight excluding hydrogens is 1240 g/mol. The van der Waals surface area contributed by atoms with Crippen molar-refractivity contribution in [2.45, 2.75) is 375 Å². The van der Waals surface area contributed by atoms with Gasteiger partial charge in [-0.25, -0.2) is 0 Å². The summed E-state index contributed by atoms with van der Waals surface area (Å²) in [5.74, 6) is -0.275. The monoisotopic (exact) mass is 1380 g/mol. The van der Waals surface area contributed by atoms with Crippen molar-refractivity contribution in [1.29, 1.82) is 0 Å².